The van der Waals surface area contributed by atoms with Crippen molar-refractivity contribution >= 4 is 15.9 Å². The Hall–Kier alpha value is -1.20. The second-order valence-electron chi connectivity index (χ2n) is 4.29. The Bertz CT molecular complexity index is 549. The lowest BCUT2D eigenvalue weighted by Gasteiger charge is -2.09. The molecule has 1 heterocycles. The first kappa shape index (κ1) is 13.2. The topological polar surface area (TPSA) is 38.1 Å². The molecule has 1 N–H and O–H groups in total. The Kier molecular flexibility index (Phi) is 3.82. The molecule has 2 aromatic rings. The van der Waals surface area contributed by atoms with Crippen LogP contribution in [0.15, 0.2) is 28.7 Å². The number of hydrogen-bond acceptors (Lipinski definition) is 2. The molecule has 2 rings (SSSR count). The zero-order valence-corrected chi connectivity index (χ0v) is 11.8. The SMILES string of the molecule is Cc1cc(C(O)Cc2cc(Br)ccc2F)nn1C. The van der Waals surface area contributed by atoms with Crippen LogP contribution in [0.1, 0.15) is 23.1 Å². The maximum atomic E-state index is 13.6. The van der Waals surface area contributed by atoms with Crippen LogP contribution in [-0.4, -0.2) is 14.9 Å². The third-order valence-electron chi connectivity index (χ3n) is 2.90. The quantitative estimate of drug-likeness (QED) is 0.946. The van der Waals surface area contributed by atoms with Crippen LogP contribution in [0.5, 0.6) is 0 Å². The summed E-state index contributed by atoms with van der Waals surface area (Å²) in [6.07, 6.45) is -0.587. The Balaban J connectivity index is 2.20. The molecule has 5 heteroatoms. The maximum absolute atomic E-state index is 13.6. The highest BCUT2D eigenvalue weighted by atomic mass is 79.9. The highest BCUT2D eigenvalue weighted by Crippen LogP contribution is 2.22. The number of nitrogens with zero attached hydrogens (tertiary/aromatic N) is 2. The van der Waals surface area contributed by atoms with Crippen molar-refractivity contribution in [2.45, 2.75) is 19.4 Å². The number of aromatic nitrogens is 2. The third kappa shape index (κ3) is 2.79. The molecule has 1 aromatic carbocycles. The lowest BCUT2D eigenvalue weighted by Crippen LogP contribution is -2.05. The number of hydrogen-bond donors (Lipinski definition) is 1. The van der Waals surface area contributed by atoms with E-state index in [-0.39, 0.29) is 12.2 Å². The highest BCUT2D eigenvalue weighted by molar-refractivity contribution is 9.10. The molecule has 0 saturated carbocycles. The van der Waals surface area contributed by atoms with Crippen molar-refractivity contribution in [3.8, 4) is 0 Å². The number of aryl methyl sites for hydroxylation is 2. The summed E-state index contributed by atoms with van der Waals surface area (Å²) < 4.78 is 16.1. The van der Waals surface area contributed by atoms with Crippen LogP contribution in [0.4, 0.5) is 4.39 Å². The van der Waals surface area contributed by atoms with Gasteiger partial charge < -0.3 is 5.11 Å². The molecular weight excluding hydrogens is 299 g/mol. The number of aliphatic hydroxyl groups is 1. The smallest absolute Gasteiger partial charge is 0.126 e. The van der Waals surface area contributed by atoms with Crippen molar-refractivity contribution in [2.75, 3.05) is 0 Å². The minimum Gasteiger partial charge on any atom is -0.386 e. The largest absolute Gasteiger partial charge is 0.386 e. The van der Waals surface area contributed by atoms with Crippen LogP contribution in [0.3, 0.4) is 0 Å². The van der Waals surface area contributed by atoms with Gasteiger partial charge in [0.15, 0.2) is 0 Å². The minimum atomic E-state index is -0.798. The van der Waals surface area contributed by atoms with Crippen LogP contribution in [0.25, 0.3) is 0 Å². The number of rotatable bonds is 3. The maximum Gasteiger partial charge on any atom is 0.126 e. The van der Waals surface area contributed by atoms with Gasteiger partial charge in [0.1, 0.15) is 11.9 Å². The van der Waals surface area contributed by atoms with Crippen molar-refractivity contribution in [3.63, 3.8) is 0 Å². The van der Waals surface area contributed by atoms with E-state index in [0.717, 1.165) is 10.2 Å². The number of aliphatic hydroxyl groups excluding tert-OH is 1. The summed E-state index contributed by atoms with van der Waals surface area (Å²) in [5.74, 6) is -0.315. The molecule has 3 nitrogen and oxygen atoms in total. The first-order chi connectivity index (χ1) is 8.47. The monoisotopic (exact) mass is 312 g/mol. The zero-order valence-electron chi connectivity index (χ0n) is 10.2. The van der Waals surface area contributed by atoms with Crippen LogP contribution < -0.4 is 0 Å². The second kappa shape index (κ2) is 5.20. The summed E-state index contributed by atoms with van der Waals surface area (Å²) in [4.78, 5) is 0. The van der Waals surface area contributed by atoms with Crippen molar-refractivity contribution in [1.29, 1.82) is 0 Å². The van der Waals surface area contributed by atoms with Gasteiger partial charge in [-0.25, -0.2) is 4.39 Å². The molecule has 0 bridgehead atoms. The van der Waals surface area contributed by atoms with Crippen LogP contribution >= 0.6 is 15.9 Å². The molecule has 1 atom stereocenters. The molecule has 0 aliphatic heterocycles. The van der Waals surface area contributed by atoms with Gasteiger partial charge in [0, 0.05) is 23.6 Å². The molecule has 96 valence electrons. The van der Waals surface area contributed by atoms with Crippen molar-refractivity contribution < 1.29 is 9.50 Å². The van der Waals surface area contributed by atoms with Gasteiger partial charge in [0.25, 0.3) is 0 Å². The fourth-order valence-corrected chi connectivity index (χ4v) is 2.17. The van der Waals surface area contributed by atoms with E-state index in [1.54, 1.807) is 22.9 Å². The summed E-state index contributed by atoms with van der Waals surface area (Å²) in [5.41, 5.74) is 1.99. The first-order valence-electron chi connectivity index (χ1n) is 5.60. The molecule has 1 unspecified atom stereocenters. The standard InChI is InChI=1S/C13H14BrFN2O/c1-8-5-12(16-17(8)2)13(18)7-9-6-10(14)3-4-11(9)15/h3-6,13,18H,7H2,1-2H3. The first-order valence-corrected chi connectivity index (χ1v) is 6.39. The van der Waals surface area contributed by atoms with Gasteiger partial charge in [-0.2, -0.15) is 5.10 Å². The molecule has 0 amide bonds. The molecule has 0 spiro atoms. The normalized spacial score (nSPS) is 12.7. The Morgan fingerprint density at radius 1 is 1.44 bits per heavy atom. The fraction of sp³-hybridized carbons (Fsp3) is 0.308. The summed E-state index contributed by atoms with van der Waals surface area (Å²) in [7, 11) is 1.81. The van der Waals surface area contributed by atoms with E-state index in [4.69, 9.17) is 0 Å². The average molecular weight is 313 g/mol. The number of benzene rings is 1. The van der Waals surface area contributed by atoms with Crippen LogP contribution in [0.2, 0.25) is 0 Å². The van der Waals surface area contributed by atoms with E-state index in [0.29, 0.717) is 11.3 Å². The van der Waals surface area contributed by atoms with Gasteiger partial charge in [0.2, 0.25) is 0 Å². The summed E-state index contributed by atoms with van der Waals surface area (Å²) in [5, 5.41) is 14.3. The minimum absolute atomic E-state index is 0.210. The molecule has 1 aromatic heterocycles. The Morgan fingerprint density at radius 3 is 2.78 bits per heavy atom. The highest BCUT2D eigenvalue weighted by Gasteiger charge is 2.15. The van der Waals surface area contributed by atoms with E-state index >= 15 is 0 Å². The van der Waals surface area contributed by atoms with Crippen LogP contribution in [0, 0.1) is 12.7 Å². The van der Waals surface area contributed by atoms with Gasteiger partial charge in [0.05, 0.1) is 5.69 Å². The molecule has 0 saturated heterocycles. The summed E-state index contributed by atoms with van der Waals surface area (Å²) in [6, 6.07) is 6.50. The predicted octanol–water partition coefficient (Wildman–Crippen LogP) is 2.91. The van der Waals surface area contributed by atoms with Gasteiger partial charge in [-0.1, -0.05) is 15.9 Å². The van der Waals surface area contributed by atoms with Gasteiger partial charge in [-0.05, 0) is 36.8 Å². The molecule has 0 fully saturated rings. The van der Waals surface area contributed by atoms with Crippen molar-refractivity contribution in [1.82, 2.24) is 9.78 Å². The predicted molar refractivity (Wildman–Crippen MR) is 70.7 cm³/mol. The van der Waals surface area contributed by atoms with E-state index in [1.165, 1.54) is 6.07 Å². The second-order valence-corrected chi connectivity index (χ2v) is 5.21. The molecule has 18 heavy (non-hydrogen) atoms. The molecule has 0 radical (unpaired) electrons. The Labute approximate surface area is 113 Å². The van der Waals surface area contributed by atoms with Crippen molar-refractivity contribution in [3.05, 3.63) is 51.5 Å². The Morgan fingerprint density at radius 2 is 2.17 bits per heavy atom. The molecule has 0 aliphatic carbocycles. The van der Waals surface area contributed by atoms with Gasteiger partial charge in [-0.15, -0.1) is 0 Å². The van der Waals surface area contributed by atoms with E-state index < -0.39 is 6.10 Å². The van der Waals surface area contributed by atoms with Crippen molar-refractivity contribution in [2.24, 2.45) is 7.05 Å². The number of halogens is 2. The van der Waals surface area contributed by atoms with Crippen LogP contribution in [-0.2, 0) is 13.5 Å². The van der Waals surface area contributed by atoms with Gasteiger partial charge in [-0.3, -0.25) is 4.68 Å². The fourth-order valence-electron chi connectivity index (χ4n) is 1.76. The van der Waals surface area contributed by atoms with E-state index in [9.17, 15) is 9.50 Å². The van der Waals surface area contributed by atoms with E-state index in [1.807, 2.05) is 14.0 Å². The summed E-state index contributed by atoms with van der Waals surface area (Å²) >= 11 is 3.29. The van der Waals surface area contributed by atoms with E-state index in [2.05, 4.69) is 21.0 Å². The molecular formula is C13H14BrFN2O. The summed E-state index contributed by atoms with van der Waals surface area (Å²) in [6.45, 7) is 1.91. The molecule has 0 aliphatic rings. The lowest BCUT2D eigenvalue weighted by atomic mass is 10.1. The lowest BCUT2D eigenvalue weighted by molar-refractivity contribution is 0.171. The third-order valence-corrected chi connectivity index (χ3v) is 3.39. The zero-order chi connectivity index (χ0) is 13.3. The average Bonchev–Trinajstić information content (AvgIpc) is 2.64. The van der Waals surface area contributed by atoms with Gasteiger partial charge >= 0.3 is 0 Å².